The second kappa shape index (κ2) is 4.55. The molecule has 0 bridgehead atoms. The van der Waals surface area contributed by atoms with Crippen molar-refractivity contribution in [3.8, 4) is 0 Å². The van der Waals surface area contributed by atoms with Gasteiger partial charge in [-0.15, -0.1) is 0 Å². The fourth-order valence-corrected chi connectivity index (χ4v) is 2.44. The van der Waals surface area contributed by atoms with Gasteiger partial charge in [-0.3, -0.25) is 9.69 Å². The van der Waals surface area contributed by atoms with Crippen LogP contribution in [0.1, 0.15) is 16.8 Å². The van der Waals surface area contributed by atoms with E-state index in [9.17, 15) is 9.90 Å². The van der Waals surface area contributed by atoms with E-state index in [2.05, 4.69) is 0 Å². The molecule has 0 aliphatic carbocycles. The molecule has 18 heavy (non-hydrogen) atoms. The van der Waals surface area contributed by atoms with Crippen LogP contribution >= 0.6 is 0 Å². The third kappa shape index (κ3) is 2.05. The lowest BCUT2D eigenvalue weighted by molar-refractivity contribution is 0.0935. The Labute approximate surface area is 105 Å². The number of hydrogen-bond acceptors (Lipinski definition) is 4. The average Bonchev–Trinajstić information content (AvgIpc) is 2.95. The Morgan fingerprint density at radius 1 is 1.44 bits per heavy atom. The van der Waals surface area contributed by atoms with E-state index < -0.39 is 0 Å². The highest BCUT2D eigenvalue weighted by Crippen LogP contribution is 2.21. The molecule has 1 aliphatic rings. The van der Waals surface area contributed by atoms with Crippen molar-refractivity contribution < 1.29 is 14.3 Å². The minimum Gasteiger partial charge on any atom is -0.464 e. The summed E-state index contributed by atoms with van der Waals surface area (Å²) in [5.41, 5.74) is 1.37. The number of fused-ring (bicyclic) bond motifs is 1. The number of benzene rings is 1. The molecular weight excluding hydrogens is 230 g/mol. The molecule has 1 aromatic carbocycles. The van der Waals surface area contributed by atoms with Crippen LogP contribution in [0.15, 0.2) is 34.9 Å². The number of aliphatic hydroxyl groups excluding tert-OH is 1. The van der Waals surface area contributed by atoms with Gasteiger partial charge in [-0.25, -0.2) is 0 Å². The van der Waals surface area contributed by atoms with Crippen LogP contribution in [0.3, 0.4) is 0 Å². The number of ketones is 1. The van der Waals surface area contributed by atoms with Crippen molar-refractivity contribution in [2.24, 2.45) is 0 Å². The van der Waals surface area contributed by atoms with E-state index in [4.69, 9.17) is 4.42 Å². The molecule has 0 saturated carbocycles. The summed E-state index contributed by atoms with van der Waals surface area (Å²) in [5.74, 6) is 0.0500. The standard InChI is InChI=1S/C14H15NO3/c16-10-5-6-15(7-10)8-13(17)12-9-18-14-4-2-1-3-11(12)14/h1-4,9-10,16H,5-8H2. The number of carbonyl (C=O) groups is 1. The zero-order valence-electron chi connectivity index (χ0n) is 10.0. The van der Waals surface area contributed by atoms with E-state index in [0.29, 0.717) is 18.7 Å². The molecule has 4 nitrogen and oxygen atoms in total. The van der Waals surface area contributed by atoms with Gasteiger partial charge in [0.25, 0.3) is 0 Å². The molecule has 3 rings (SSSR count). The van der Waals surface area contributed by atoms with Gasteiger partial charge in [0.1, 0.15) is 11.8 Å². The minimum atomic E-state index is -0.293. The first kappa shape index (κ1) is 11.4. The molecule has 94 valence electrons. The van der Waals surface area contributed by atoms with Gasteiger partial charge < -0.3 is 9.52 Å². The molecule has 0 spiro atoms. The van der Waals surface area contributed by atoms with Crippen molar-refractivity contribution in [1.29, 1.82) is 0 Å². The number of para-hydroxylation sites is 1. The number of Topliss-reactive ketones (excluding diaryl/α,β-unsaturated/α-hetero) is 1. The van der Waals surface area contributed by atoms with Crippen molar-refractivity contribution in [3.63, 3.8) is 0 Å². The number of aliphatic hydroxyl groups is 1. The van der Waals surface area contributed by atoms with E-state index in [-0.39, 0.29) is 11.9 Å². The van der Waals surface area contributed by atoms with E-state index >= 15 is 0 Å². The summed E-state index contributed by atoms with van der Waals surface area (Å²) in [6.07, 6.45) is 1.98. The molecule has 1 saturated heterocycles. The van der Waals surface area contributed by atoms with E-state index in [0.717, 1.165) is 23.9 Å². The highest BCUT2D eigenvalue weighted by atomic mass is 16.3. The van der Waals surface area contributed by atoms with Crippen molar-refractivity contribution in [3.05, 3.63) is 36.1 Å². The third-order valence-corrected chi connectivity index (χ3v) is 3.40. The van der Waals surface area contributed by atoms with Gasteiger partial charge in [0.05, 0.1) is 18.2 Å². The number of furan rings is 1. The summed E-state index contributed by atoms with van der Waals surface area (Å²) in [7, 11) is 0. The molecule has 1 atom stereocenters. The van der Waals surface area contributed by atoms with E-state index in [1.54, 1.807) is 0 Å². The minimum absolute atomic E-state index is 0.0500. The number of nitrogens with zero attached hydrogens (tertiary/aromatic N) is 1. The van der Waals surface area contributed by atoms with Crippen LogP contribution in [0.2, 0.25) is 0 Å². The van der Waals surface area contributed by atoms with Gasteiger partial charge in [0.15, 0.2) is 5.78 Å². The second-order valence-electron chi connectivity index (χ2n) is 4.75. The summed E-state index contributed by atoms with van der Waals surface area (Å²) < 4.78 is 5.37. The van der Waals surface area contributed by atoms with Crippen molar-refractivity contribution in [2.45, 2.75) is 12.5 Å². The molecule has 2 heterocycles. The van der Waals surface area contributed by atoms with Crippen LogP contribution in [0, 0.1) is 0 Å². The molecule has 1 aliphatic heterocycles. The van der Waals surface area contributed by atoms with Crippen LogP contribution in [0.4, 0.5) is 0 Å². The monoisotopic (exact) mass is 245 g/mol. The Morgan fingerprint density at radius 3 is 3.06 bits per heavy atom. The lowest BCUT2D eigenvalue weighted by Crippen LogP contribution is -2.28. The van der Waals surface area contributed by atoms with E-state index in [1.165, 1.54) is 6.26 Å². The Morgan fingerprint density at radius 2 is 2.28 bits per heavy atom. The summed E-state index contributed by atoms with van der Waals surface area (Å²) in [5, 5.41) is 10.3. The highest BCUT2D eigenvalue weighted by Gasteiger charge is 2.23. The van der Waals surface area contributed by atoms with Crippen LogP contribution in [-0.4, -0.2) is 41.5 Å². The van der Waals surface area contributed by atoms with Crippen LogP contribution in [-0.2, 0) is 0 Å². The summed E-state index contributed by atoms with van der Waals surface area (Å²) in [6, 6.07) is 7.53. The molecule has 1 N–H and O–H groups in total. The van der Waals surface area contributed by atoms with Gasteiger partial charge >= 0.3 is 0 Å². The van der Waals surface area contributed by atoms with Gasteiger partial charge in [-0.1, -0.05) is 18.2 Å². The van der Waals surface area contributed by atoms with Crippen LogP contribution in [0.25, 0.3) is 11.0 Å². The summed E-state index contributed by atoms with van der Waals surface area (Å²) in [4.78, 5) is 14.2. The zero-order chi connectivity index (χ0) is 12.5. The lowest BCUT2D eigenvalue weighted by atomic mass is 10.1. The number of rotatable bonds is 3. The SMILES string of the molecule is O=C(CN1CCC(O)C1)c1coc2ccccc12. The molecule has 2 aromatic rings. The lowest BCUT2D eigenvalue weighted by Gasteiger charge is -2.12. The number of carbonyl (C=O) groups excluding carboxylic acids is 1. The maximum absolute atomic E-state index is 12.2. The molecule has 1 aromatic heterocycles. The second-order valence-corrected chi connectivity index (χ2v) is 4.75. The first-order valence-electron chi connectivity index (χ1n) is 6.14. The first-order valence-corrected chi connectivity index (χ1v) is 6.14. The van der Waals surface area contributed by atoms with Crippen molar-refractivity contribution >= 4 is 16.8 Å². The van der Waals surface area contributed by atoms with Crippen LogP contribution < -0.4 is 0 Å². The predicted molar refractivity (Wildman–Crippen MR) is 67.6 cm³/mol. The molecule has 0 amide bonds. The van der Waals surface area contributed by atoms with Crippen LogP contribution in [0.5, 0.6) is 0 Å². The van der Waals surface area contributed by atoms with Crippen molar-refractivity contribution in [2.75, 3.05) is 19.6 Å². The average molecular weight is 245 g/mol. The van der Waals surface area contributed by atoms with Gasteiger partial charge in [-0.2, -0.15) is 0 Å². The normalized spacial score (nSPS) is 20.6. The Bertz CT molecular complexity index is 575. The Kier molecular flexibility index (Phi) is 2.89. The molecular formula is C14H15NO3. The topological polar surface area (TPSA) is 53.7 Å². The molecule has 4 heteroatoms. The van der Waals surface area contributed by atoms with Gasteiger partial charge in [-0.05, 0) is 12.5 Å². The fourth-order valence-electron chi connectivity index (χ4n) is 2.44. The largest absolute Gasteiger partial charge is 0.464 e. The molecule has 0 radical (unpaired) electrons. The quantitative estimate of drug-likeness (QED) is 0.836. The van der Waals surface area contributed by atoms with E-state index in [1.807, 2.05) is 29.2 Å². The fraction of sp³-hybridized carbons (Fsp3) is 0.357. The number of likely N-dealkylation sites (tertiary alicyclic amines) is 1. The van der Waals surface area contributed by atoms with Gasteiger partial charge in [0.2, 0.25) is 0 Å². The molecule has 1 unspecified atom stereocenters. The smallest absolute Gasteiger partial charge is 0.180 e. The Hall–Kier alpha value is -1.65. The zero-order valence-corrected chi connectivity index (χ0v) is 10.0. The molecule has 1 fully saturated rings. The maximum Gasteiger partial charge on any atom is 0.180 e. The van der Waals surface area contributed by atoms with Gasteiger partial charge in [0, 0.05) is 18.5 Å². The summed E-state index contributed by atoms with van der Waals surface area (Å²) >= 11 is 0. The highest BCUT2D eigenvalue weighted by molar-refractivity contribution is 6.08. The Balaban J connectivity index is 1.80. The summed E-state index contributed by atoms with van der Waals surface area (Å²) in [6.45, 7) is 1.71. The van der Waals surface area contributed by atoms with Crippen molar-refractivity contribution in [1.82, 2.24) is 4.90 Å². The number of β-amino-alcohol motifs (C(OH)–C–C–N with tert-alkyl or cyclic N) is 1. The third-order valence-electron chi connectivity index (χ3n) is 3.40. The maximum atomic E-state index is 12.2. The number of hydrogen-bond donors (Lipinski definition) is 1. The first-order chi connectivity index (χ1) is 8.74. The predicted octanol–water partition coefficient (Wildman–Crippen LogP) is 1.68.